The molecule has 3 aromatic rings. The largest absolute Gasteiger partial charge is 0.507 e. The third-order valence-electron chi connectivity index (χ3n) is 5.84. The molecule has 1 N–H and O–H groups in total. The lowest BCUT2D eigenvalue weighted by Gasteiger charge is -2.27. The number of ketones is 1. The number of hydrogen-bond acceptors (Lipinski definition) is 7. The number of aromatic nitrogens is 1. The summed E-state index contributed by atoms with van der Waals surface area (Å²) in [4.78, 5) is 32.1. The van der Waals surface area contributed by atoms with Gasteiger partial charge in [-0.2, -0.15) is 0 Å². The summed E-state index contributed by atoms with van der Waals surface area (Å²) in [5, 5.41) is 11.3. The van der Waals surface area contributed by atoms with Crippen LogP contribution in [0, 0.1) is 0 Å². The van der Waals surface area contributed by atoms with Crippen LogP contribution in [0.25, 0.3) is 5.76 Å². The van der Waals surface area contributed by atoms with Crippen LogP contribution in [0.15, 0.2) is 85.2 Å². The third-order valence-corrected chi connectivity index (χ3v) is 5.84. The van der Waals surface area contributed by atoms with E-state index < -0.39 is 17.7 Å². The zero-order chi connectivity index (χ0) is 25.7. The number of ether oxygens (including phenoxy) is 3. The number of carbonyl (C=O) groups excluding carboxylic acids is 2. The summed E-state index contributed by atoms with van der Waals surface area (Å²) in [6.07, 6.45) is 4.88. The van der Waals surface area contributed by atoms with Crippen LogP contribution in [-0.2, 0) is 16.1 Å². The summed E-state index contributed by atoms with van der Waals surface area (Å²) in [6, 6.07) is 14.4. The molecule has 8 nitrogen and oxygen atoms in total. The highest BCUT2D eigenvalue weighted by atomic mass is 16.5. The quantitative estimate of drug-likeness (QED) is 0.209. The van der Waals surface area contributed by atoms with Gasteiger partial charge in [0.05, 0.1) is 25.8 Å². The van der Waals surface area contributed by atoms with Crippen molar-refractivity contribution >= 4 is 17.4 Å². The number of carbonyl (C=O) groups is 2. The van der Waals surface area contributed by atoms with Gasteiger partial charge in [0.2, 0.25) is 0 Å². The van der Waals surface area contributed by atoms with Crippen LogP contribution in [0.2, 0.25) is 0 Å². The summed E-state index contributed by atoms with van der Waals surface area (Å²) in [6.45, 7) is 4.06. The number of rotatable bonds is 9. The molecule has 8 heteroatoms. The van der Waals surface area contributed by atoms with Crippen molar-refractivity contribution in [2.75, 3.05) is 20.8 Å². The normalized spacial score (nSPS) is 16.6. The highest BCUT2D eigenvalue weighted by Gasteiger charge is 2.47. The second-order valence-corrected chi connectivity index (χ2v) is 8.02. The molecule has 36 heavy (non-hydrogen) atoms. The molecule has 0 spiro atoms. The molecule has 1 saturated heterocycles. The van der Waals surface area contributed by atoms with Gasteiger partial charge in [0.25, 0.3) is 11.7 Å². The fourth-order valence-electron chi connectivity index (χ4n) is 4.13. The topological polar surface area (TPSA) is 98.2 Å². The second-order valence-electron chi connectivity index (χ2n) is 8.02. The predicted molar refractivity (Wildman–Crippen MR) is 134 cm³/mol. The molecule has 0 bridgehead atoms. The first-order chi connectivity index (χ1) is 17.5. The number of aliphatic hydroxyl groups excluding tert-OH is 1. The third kappa shape index (κ3) is 4.79. The van der Waals surface area contributed by atoms with Gasteiger partial charge in [-0.25, -0.2) is 0 Å². The molecule has 1 aromatic heterocycles. The first-order valence-corrected chi connectivity index (χ1v) is 11.2. The summed E-state index contributed by atoms with van der Waals surface area (Å²) in [5.41, 5.74) is 1.56. The van der Waals surface area contributed by atoms with Crippen molar-refractivity contribution in [1.29, 1.82) is 0 Å². The Hall–Kier alpha value is -4.59. The molecule has 2 heterocycles. The van der Waals surface area contributed by atoms with E-state index in [1.807, 2.05) is 6.07 Å². The van der Waals surface area contributed by atoms with Crippen LogP contribution in [0.4, 0.5) is 0 Å². The molecule has 0 saturated carbocycles. The average Bonchev–Trinajstić information content (AvgIpc) is 3.16. The second kappa shape index (κ2) is 10.8. The molecule has 1 atom stereocenters. The van der Waals surface area contributed by atoms with Crippen LogP contribution in [0.1, 0.15) is 22.7 Å². The van der Waals surface area contributed by atoms with Gasteiger partial charge >= 0.3 is 0 Å². The molecular weight excluding hydrogens is 460 g/mol. The minimum absolute atomic E-state index is 0.0461. The van der Waals surface area contributed by atoms with Gasteiger partial charge < -0.3 is 24.2 Å². The highest BCUT2D eigenvalue weighted by molar-refractivity contribution is 6.46. The molecule has 0 radical (unpaired) electrons. The molecular formula is C28H26N2O6. The van der Waals surface area contributed by atoms with E-state index in [0.29, 0.717) is 35.0 Å². The maximum Gasteiger partial charge on any atom is 0.295 e. The fourth-order valence-corrected chi connectivity index (χ4v) is 4.13. The number of aliphatic hydroxyl groups is 1. The van der Waals surface area contributed by atoms with E-state index in [2.05, 4.69) is 11.6 Å². The van der Waals surface area contributed by atoms with Crippen LogP contribution in [-0.4, -0.2) is 47.5 Å². The number of benzene rings is 2. The van der Waals surface area contributed by atoms with Gasteiger partial charge in [-0.05, 0) is 54.1 Å². The molecule has 184 valence electrons. The smallest absolute Gasteiger partial charge is 0.295 e. The van der Waals surface area contributed by atoms with Gasteiger partial charge in [0.15, 0.2) is 0 Å². The maximum atomic E-state index is 13.3. The average molecular weight is 487 g/mol. The highest BCUT2D eigenvalue weighted by Crippen LogP contribution is 2.44. The SMILES string of the molecule is C=CCOc1ccc(/C(O)=C2\C(=O)C(=O)N(Cc3cccnc3)C2c2cc(OC)ccc2OC)cc1. The molecule has 2 aromatic carbocycles. The van der Waals surface area contributed by atoms with Crippen molar-refractivity contribution in [3.8, 4) is 17.2 Å². The Morgan fingerprint density at radius 2 is 1.83 bits per heavy atom. The number of hydrogen-bond donors (Lipinski definition) is 1. The first-order valence-electron chi connectivity index (χ1n) is 11.2. The monoisotopic (exact) mass is 486 g/mol. The lowest BCUT2D eigenvalue weighted by molar-refractivity contribution is -0.140. The van der Waals surface area contributed by atoms with Crippen LogP contribution in [0.5, 0.6) is 17.2 Å². The van der Waals surface area contributed by atoms with Gasteiger partial charge in [0, 0.05) is 30.1 Å². The number of pyridine rings is 1. The van der Waals surface area contributed by atoms with Gasteiger partial charge in [-0.15, -0.1) is 0 Å². The van der Waals surface area contributed by atoms with Crippen molar-refractivity contribution in [2.45, 2.75) is 12.6 Å². The first kappa shape index (κ1) is 24.5. The minimum atomic E-state index is -0.924. The van der Waals surface area contributed by atoms with Crippen molar-refractivity contribution in [1.82, 2.24) is 9.88 Å². The zero-order valence-corrected chi connectivity index (χ0v) is 20.0. The van der Waals surface area contributed by atoms with E-state index in [1.54, 1.807) is 67.0 Å². The van der Waals surface area contributed by atoms with E-state index in [4.69, 9.17) is 14.2 Å². The molecule has 1 fully saturated rings. The minimum Gasteiger partial charge on any atom is -0.507 e. The van der Waals surface area contributed by atoms with Crippen molar-refractivity contribution < 1.29 is 28.9 Å². The summed E-state index contributed by atoms with van der Waals surface area (Å²) in [7, 11) is 3.02. The number of likely N-dealkylation sites (tertiary alicyclic amines) is 1. The molecule has 1 amide bonds. The van der Waals surface area contributed by atoms with Crippen molar-refractivity contribution in [3.05, 3.63) is 102 Å². The van der Waals surface area contributed by atoms with Gasteiger partial charge in [-0.1, -0.05) is 18.7 Å². The van der Waals surface area contributed by atoms with Gasteiger partial charge in [-0.3, -0.25) is 14.6 Å². The summed E-state index contributed by atoms with van der Waals surface area (Å²) < 4.78 is 16.5. The predicted octanol–water partition coefficient (Wildman–Crippen LogP) is 4.29. The fraction of sp³-hybridized carbons (Fsp3) is 0.179. The Morgan fingerprint density at radius 3 is 2.47 bits per heavy atom. The van der Waals surface area contributed by atoms with Crippen LogP contribution in [0.3, 0.4) is 0 Å². The lowest BCUT2D eigenvalue weighted by atomic mass is 9.94. The molecule has 1 unspecified atom stereocenters. The Bertz CT molecular complexity index is 1300. The van der Waals surface area contributed by atoms with Crippen LogP contribution >= 0.6 is 0 Å². The lowest BCUT2D eigenvalue weighted by Crippen LogP contribution is -2.29. The Balaban J connectivity index is 1.87. The summed E-state index contributed by atoms with van der Waals surface area (Å²) in [5.74, 6) is -0.291. The molecule has 0 aliphatic carbocycles. The van der Waals surface area contributed by atoms with E-state index in [9.17, 15) is 14.7 Å². The number of methoxy groups -OCH3 is 2. The van der Waals surface area contributed by atoms with E-state index >= 15 is 0 Å². The maximum absolute atomic E-state index is 13.3. The van der Waals surface area contributed by atoms with E-state index in [-0.39, 0.29) is 17.9 Å². The van der Waals surface area contributed by atoms with Crippen LogP contribution < -0.4 is 14.2 Å². The Labute approximate surface area is 209 Å². The zero-order valence-electron chi connectivity index (χ0n) is 20.0. The Kier molecular flexibility index (Phi) is 7.34. The van der Waals surface area contributed by atoms with E-state index in [1.165, 1.54) is 19.1 Å². The molecule has 4 rings (SSSR count). The number of Topliss-reactive ketones (excluding diaryl/α,β-unsaturated/α-hetero) is 1. The number of nitrogens with zero attached hydrogens (tertiary/aromatic N) is 2. The van der Waals surface area contributed by atoms with Crippen molar-refractivity contribution in [3.63, 3.8) is 0 Å². The van der Waals surface area contributed by atoms with E-state index in [0.717, 1.165) is 5.56 Å². The summed E-state index contributed by atoms with van der Waals surface area (Å²) >= 11 is 0. The molecule has 1 aliphatic rings. The van der Waals surface area contributed by atoms with Gasteiger partial charge in [0.1, 0.15) is 29.6 Å². The van der Waals surface area contributed by atoms with Crippen molar-refractivity contribution in [2.24, 2.45) is 0 Å². The Morgan fingerprint density at radius 1 is 1.08 bits per heavy atom. The molecule has 1 aliphatic heterocycles. The number of amides is 1. The standard InChI is InChI=1S/C28H26N2O6/c1-4-14-36-20-9-7-19(8-10-20)26(31)24-25(22-15-21(34-2)11-12-23(22)35-3)30(28(33)27(24)32)17-18-6-5-13-29-16-18/h4-13,15-16,25,31H,1,14,17H2,2-3H3/b26-24+.